The Morgan fingerprint density at radius 3 is 2.47 bits per heavy atom. The third-order valence-corrected chi connectivity index (χ3v) is 4.91. The third kappa shape index (κ3) is 3.28. The fraction of sp³-hybridized carbons (Fsp3) is 0.867. The zero-order valence-corrected chi connectivity index (χ0v) is 12.2. The van der Waals surface area contributed by atoms with Crippen molar-refractivity contribution in [2.24, 2.45) is 11.8 Å². The molecule has 0 unspecified atom stereocenters. The van der Waals surface area contributed by atoms with Gasteiger partial charge in [-0.3, -0.25) is 9.59 Å². The van der Waals surface area contributed by atoms with E-state index in [4.69, 9.17) is 0 Å². The molecule has 0 spiro atoms. The summed E-state index contributed by atoms with van der Waals surface area (Å²) in [5.74, 6) is 0.841. The first-order chi connectivity index (χ1) is 9.13. The van der Waals surface area contributed by atoms with Gasteiger partial charge in [-0.05, 0) is 38.5 Å². The lowest BCUT2D eigenvalue weighted by atomic mass is 9.87. The monoisotopic (exact) mass is 266 g/mol. The van der Waals surface area contributed by atoms with E-state index in [1.807, 2.05) is 11.9 Å². The Morgan fingerprint density at radius 1 is 1.11 bits per heavy atom. The van der Waals surface area contributed by atoms with Crippen molar-refractivity contribution >= 4 is 11.8 Å². The van der Waals surface area contributed by atoms with Crippen LogP contribution in [0.3, 0.4) is 0 Å². The second-order valence-electron chi connectivity index (χ2n) is 6.05. The highest BCUT2D eigenvalue weighted by molar-refractivity contribution is 5.80. The van der Waals surface area contributed by atoms with Gasteiger partial charge in [0.15, 0.2) is 0 Å². The van der Waals surface area contributed by atoms with E-state index in [0.717, 1.165) is 51.4 Å². The second kappa shape index (κ2) is 6.40. The standard InChI is InChI=1S/C15H26N2O2/c1-16-14(18)11-5-3-7-12-9-10-13(8-4-6-11)17(2)15(12)19/h11-13H,3-10H2,1-2H3,(H,16,18)/t11-,12+,13+/m0/s1. The number of fused-ring (bicyclic) bond motifs is 8. The van der Waals surface area contributed by atoms with Gasteiger partial charge < -0.3 is 10.2 Å². The maximum atomic E-state index is 12.3. The largest absolute Gasteiger partial charge is 0.359 e. The number of nitrogens with zero attached hydrogens (tertiary/aromatic N) is 1. The van der Waals surface area contributed by atoms with Crippen LogP contribution in [0, 0.1) is 11.8 Å². The summed E-state index contributed by atoms with van der Waals surface area (Å²) in [6.07, 6.45) is 8.10. The van der Waals surface area contributed by atoms with Gasteiger partial charge in [-0.1, -0.05) is 12.8 Å². The van der Waals surface area contributed by atoms with Crippen molar-refractivity contribution in [3.05, 3.63) is 0 Å². The summed E-state index contributed by atoms with van der Waals surface area (Å²) in [6.45, 7) is 0. The maximum Gasteiger partial charge on any atom is 0.225 e. The summed E-state index contributed by atoms with van der Waals surface area (Å²) < 4.78 is 0. The van der Waals surface area contributed by atoms with Crippen molar-refractivity contribution in [1.82, 2.24) is 10.2 Å². The lowest BCUT2D eigenvalue weighted by Gasteiger charge is -2.36. The van der Waals surface area contributed by atoms with Gasteiger partial charge in [-0.25, -0.2) is 0 Å². The van der Waals surface area contributed by atoms with E-state index in [9.17, 15) is 9.59 Å². The van der Waals surface area contributed by atoms with Crippen molar-refractivity contribution in [2.45, 2.75) is 57.4 Å². The Morgan fingerprint density at radius 2 is 1.79 bits per heavy atom. The molecular formula is C15H26N2O2. The first-order valence-corrected chi connectivity index (χ1v) is 7.61. The van der Waals surface area contributed by atoms with E-state index in [2.05, 4.69) is 5.32 Å². The van der Waals surface area contributed by atoms with E-state index in [-0.39, 0.29) is 17.7 Å². The highest BCUT2D eigenvalue weighted by Gasteiger charge is 2.33. The second-order valence-corrected chi connectivity index (χ2v) is 6.05. The van der Waals surface area contributed by atoms with E-state index in [1.54, 1.807) is 7.05 Å². The molecule has 3 aliphatic rings. The van der Waals surface area contributed by atoms with Gasteiger partial charge in [-0.15, -0.1) is 0 Å². The predicted octanol–water partition coefficient (Wildman–Crippen LogP) is 1.94. The molecule has 2 saturated heterocycles. The molecule has 4 heteroatoms. The van der Waals surface area contributed by atoms with Crippen LogP contribution in [-0.4, -0.2) is 36.9 Å². The van der Waals surface area contributed by atoms with Crippen LogP contribution in [0.1, 0.15) is 51.4 Å². The highest BCUT2D eigenvalue weighted by atomic mass is 16.2. The molecule has 4 nitrogen and oxygen atoms in total. The Labute approximate surface area is 115 Å². The molecule has 3 atom stereocenters. The molecule has 0 aromatic rings. The Bertz CT molecular complexity index is 343. The molecule has 0 aromatic heterocycles. The zero-order chi connectivity index (χ0) is 13.8. The van der Waals surface area contributed by atoms with Crippen LogP contribution in [0.15, 0.2) is 0 Å². The lowest BCUT2D eigenvalue weighted by molar-refractivity contribution is -0.140. The van der Waals surface area contributed by atoms with Gasteiger partial charge in [0.05, 0.1) is 0 Å². The molecule has 3 rings (SSSR count). The Kier molecular flexibility index (Phi) is 4.83. The van der Waals surface area contributed by atoms with Crippen molar-refractivity contribution in [1.29, 1.82) is 0 Å². The minimum atomic E-state index is 0.142. The Hall–Kier alpha value is -1.06. The van der Waals surface area contributed by atoms with Crippen LogP contribution < -0.4 is 5.32 Å². The molecule has 3 fully saturated rings. The van der Waals surface area contributed by atoms with E-state index in [0.29, 0.717) is 11.9 Å². The van der Waals surface area contributed by atoms with Gasteiger partial charge in [0.1, 0.15) is 0 Å². The molecule has 0 radical (unpaired) electrons. The number of piperidine rings is 1. The molecule has 2 amide bonds. The van der Waals surface area contributed by atoms with Crippen LogP contribution in [0.4, 0.5) is 0 Å². The average molecular weight is 266 g/mol. The number of carbonyl (C=O) groups excluding carboxylic acids is 2. The normalized spacial score (nSPS) is 32.8. The van der Waals surface area contributed by atoms with Gasteiger partial charge in [0, 0.05) is 32.0 Å². The van der Waals surface area contributed by atoms with Crippen LogP contribution >= 0.6 is 0 Å². The van der Waals surface area contributed by atoms with Gasteiger partial charge in [-0.2, -0.15) is 0 Å². The zero-order valence-electron chi connectivity index (χ0n) is 12.2. The number of rotatable bonds is 1. The fourth-order valence-corrected chi connectivity index (χ4v) is 3.61. The summed E-state index contributed by atoms with van der Waals surface area (Å²) in [5, 5.41) is 2.77. The summed E-state index contributed by atoms with van der Waals surface area (Å²) in [4.78, 5) is 26.1. The topological polar surface area (TPSA) is 49.4 Å². The molecule has 108 valence electrons. The number of nitrogens with one attached hydrogen (secondary N) is 1. The smallest absolute Gasteiger partial charge is 0.225 e. The van der Waals surface area contributed by atoms with Crippen LogP contribution in [0.25, 0.3) is 0 Å². The Balaban J connectivity index is 2.03. The SMILES string of the molecule is CNC(=O)[C@H]1CCC[C@@H]2CC[C@@H](CCC1)N(C)C2=O. The quantitative estimate of drug-likeness (QED) is 0.788. The van der Waals surface area contributed by atoms with Gasteiger partial charge in [0.25, 0.3) is 0 Å². The van der Waals surface area contributed by atoms with Crippen molar-refractivity contribution < 1.29 is 9.59 Å². The summed E-state index contributed by atoms with van der Waals surface area (Å²) in [7, 11) is 3.67. The van der Waals surface area contributed by atoms with Crippen molar-refractivity contribution in [3.8, 4) is 0 Å². The van der Waals surface area contributed by atoms with E-state index >= 15 is 0 Å². The molecule has 0 aromatic carbocycles. The summed E-state index contributed by atoms with van der Waals surface area (Å²) in [5.41, 5.74) is 0. The highest BCUT2D eigenvalue weighted by Crippen LogP contribution is 2.31. The van der Waals surface area contributed by atoms with Gasteiger partial charge in [0.2, 0.25) is 11.8 Å². The summed E-state index contributed by atoms with van der Waals surface area (Å²) in [6, 6.07) is 0.396. The molecular weight excluding hydrogens is 240 g/mol. The van der Waals surface area contributed by atoms with Crippen molar-refractivity contribution in [3.63, 3.8) is 0 Å². The first-order valence-electron chi connectivity index (χ1n) is 7.61. The van der Waals surface area contributed by atoms with E-state index < -0.39 is 0 Å². The summed E-state index contributed by atoms with van der Waals surface area (Å²) >= 11 is 0. The number of amides is 2. The molecule has 1 N–H and O–H groups in total. The predicted molar refractivity (Wildman–Crippen MR) is 74.5 cm³/mol. The molecule has 2 heterocycles. The molecule has 19 heavy (non-hydrogen) atoms. The third-order valence-electron chi connectivity index (χ3n) is 4.91. The first kappa shape index (κ1) is 14.4. The van der Waals surface area contributed by atoms with Crippen LogP contribution in [-0.2, 0) is 9.59 Å². The molecule has 2 bridgehead atoms. The van der Waals surface area contributed by atoms with Crippen LogP contribution in [0.5, 0.6) is 0 Å². The molecule has 1 saturated carbocycles. The van der Waals surface area contributed by atoms with Crippen LogP contribution in [0.2, 0.25) is 0 Å². The number of hydrogen-bond donors (Lipinski definition) is 1. The minimum absolute atomic E-state index is 0.142. The minimum Gasteiger partial charge on any atom is -0.359 e. The number of hydrogen-bond acceptors (Lipinski definition) is 2. The fourth-order valence-electron chi connectivity index (χ4n) is 3.61. The lowest BCUT2D eigenvalue weighted by Crippen LogP contribution is -2.45. The number of carbonyl (C=O) groups is 2. The van der Waals surface area contributed by atoms with Gasteiger partial charge >= 0.3 is 0 Å². The van der Waals surface area contributed by atoms with Crippen molar-refractivity contribution in [2.75, 3.05) is 14.1 Å². The maximum absolute atomic E-state index is 12.3. The molecule has 1 aliphatic carbocycles. The van der Waals surface area contributed by atoms with E-state index in [1.165, 1.54) is 0 Å². The molecule has 2 aliphatic heterocycles. The average Bonchev–Trinajstić information content (AvgIpc) is 2.48.